The summed E-state index contributed by atoms with van der Waals surface area (Å²) in [6.07, 6.45) is 2.62. The van der Waals surface area contributed by atoms with Gasteiger partial charge in [0, 0.05) is 60.3 Å². The lowest BCUT2D eigenvalue weighted by Gasteiger charge is -2.41. The van der Waals surface area contributed by atoms with Gasteiger partial charge in [0.05, 0.1) is 30.0 Å². The van der Waals surface area contributed by atoms with Crippen LogP contribution in [0.15, 0.2) is 53.6 Å². The number of amides is 2. The minimum atomic E-state index is -0.179. The van der Waals surface area contributed by atoms with Crippen LogP contribution < -0.4 is 25.6 Å². The number of ether oxygens (including phenoxy) is 1. The molecule has 0 radical (unpaired) electrons. The van der Waals surface area contributed by atoms with Crippen LogP contribution in [-0.2, 0) is 9.59 Å². The number of fused-ring (bicyclic) bond motifs is 2. The van der Waals surface area contributed by atoms with Crippen molar-refractivity contribution in [2.24, 2.45) is 5.92 Å². The smallest absolute Gasteiger partial charge is 0.234 e. The third-order valence-electron chi connectivity index (χ3n) is 7.27. The number of aromatic nitrogens is 1. The van der Waals surface area contributed by atoms with Crippen molar-refractivity contribution in [3.05, 3.63) is 54.2 Å². The average Bonchev–Trinajstić information content (AvgIpc) is 3.24. The van der Waals surface area contributed by atoms with Gasteiger partial charge in [-0.25, -0.2) is 0 Å². The monoisotopic (exact) mass is 503 g/mol. The zero-order valence-corrected chi connectivity index (χ0v) is 20.9. The Morgan fingerprint density at radius 1 is 1.14 bits per heavy atom. The van der Waals surface area contributed by atoms with Crippen molar-refractivity contribution < 1.29 is 14.3 Å². The molecule has 2 saturated heterocycles. The van der Waals surface area contributed by atoms with Crippen molar-refractivity contribution in [3.8, 4) is 5.75 Å². The molecule has 2 atom stereocenters. The zero-order valence-electron chi connectivity index (χ0n) is 20.1. The van der Waals surface area contributed by atoms with E-state index in [4.69, 9.17) is 4.74 Å². The van der Waals surface area contributed by atoms with Gasteiger partial charge >= 0.3 is 0 Å². The molecule has 1 aromatic heterocycles. The molecule has 3 aliphatic rings. The van der Waals surface area contributed by atoms with Crippen LogP contribution in [0.3, 0.4) is 0 Å². The van der Waals surface area contributed by atoms with E-state index in [2.05, 4.69) is 38.0 Å². The Balaban J connectivity index is 1.00. The molecule has 3 aromatic rings. The number of anilines is 2. The fourth-order valence-corrected chi connectivity index (χ4v) is 6.15. The standard InChI is InChI=1S/C27H29N5O3S/c1-35-19-3-4-22-21(10-19)24(6-7-29-22)32-13-16(14-32)11-28-12-18-9-20(27(34)30-18)17-2-5-25-23(8-17)31-26(33)15-36-25/h2-8,10,16,18,20,28H,9,11-15H2,1H3,(H,30,34)(H,31,33)/t18?,20-/m1/s1. The van der Waals surface area contributed by atoms with Crippen LogP contribution in [0.4, 0.5) is 11.4 Å². The lowest BCUT2D eigenvalue weighted by molar-refractivity contribution is -0.120. The van der Waals surface area contributed by atoms with E-state index in [1.54, 1.807) is 7.11 Å². The van der Waals surface area contributed by atoms with E-state index < -0.39 is 0 Å². The molecule has 9 heteroatoms. The minimum Gasteiger partial charge on any atom is -0.497 e. The van der Waals surface area contributed by atoms with Gasteiger partial charge in [-0.05, 0) is 48.4 Å². The third-order valence-corrected chi connectivity index (χ3v) is 8.34. The quantitative estimate of drug-likeness (QED) is 0.456. The fraction of sp³-hybridized carbons (Fsp3) is 0.370. The van der Waals surface area contributed by atoms with E-state index in [-0.39, 0.29) is 23.8 Å². The van der Waals surface area contributed by atoms with E-state index in [1.807, 2.05) is 36.5 Å². The first-order chi connectivity index (χ1) is 17.6. The number of benzene rings is 2. The van der Waals surface area contributed by atoms with Crippen molar-refractivity contribution >= 4 is 45.9 Å². The van der Waals surface area contributed by atoms with Crippen LogP contribution >= 0.6 is 11.8 Å². The Kier molecular flexibility index (Phi) is 6.18. The predicted octanol–water partition coefficient (Wildman–Crippen LogP) is 2.99. The van der Waals surface area contributed by atoms with Crippen LogP contribution in [-0.4, -0.2) is 61.9 Å². The van der Waals surface area contributed by atoms with E-state index >= 15 is 0 Å². The fourth-order valence-electron chi connectivity index (χ4n) is 5.36. The third kappa shape index (κ3) is 4.49. The molecule has 2 aromatic carbocycles. The first kappa shape index (κ1) is 23.1. The van der Waals surface area contributed by atoms with Gasteiger partial charge in [0.2, 0.25) is 11.8 Å². The highest BCUT2D eigenvalue weighted by atomic mass is 32.2. The Bertz CT molecular complexity index is 1330. The molecule has 3 aliphatic heterocycles. The van der Waals surface area contributed by atoms with Gasteiger partial charge in [0.25, 0.3) is 0 Å². The summed E-state index contributed by atoms with van der Waals surface area (Å²) in [5, 5.41) is 10.8. The SMILES string of the molecule is COc1ccc2nccc(N3CC(CNCC4C[C@H](c5ccc6c(c5)NC(=O)CS6)C(=O)N4)C3)c2c1. The topological polar surface area (TPSA) is 95.6 Å². The summed E-state index contributed by atoms with van der Waals surface area (Å²) in [4.78, 5) is 32.3. The summed E-state index contributed by atoms with van der Waals surface area (Å²) < 4.78 is 5.40. The first-order valence-electron chi connectivity index (χ1n) is 12.3. The van der Waals surface area contributed by atoms with Gasteiger partial charge in [-0.1, -0.05) is 6.07 Å². The molecule has 1 unspecified atom stereocenters. The molecule has 8 nitrogen and oxygen atoms in total. The van der Waals surface area contributed by atoms with Crippen LogP contribution in [0.25, 0.3) is 10.9 Å². The molecule has 0 aliphatic carbocycles. The Morgan fingerprint density at radius 3 is 2.89 bits per heavy atom. The lowest BCUT2D eigenvalue weighted by Crippen LogP contribution is -2.52. The van der Waals surface area contributed by atoms with Crippen LogP contribution in [0.2, 0.25) is 0 Å². The number of pyridine rings is 1. The number of thioether (sulfide) groups is 1. The summed E-state index contributed by atoms with van der Waals surface area (Å²) >= 11 is 1.54. The van der Waals surface area contributed by atoms with Gasteiger partial charge in [-0.3, -0.25) is 14.6 Å². The number of carbonyl (C=O) groups is 2. The highest BCUT2D eigenvalue weighted by Crippen LogP contribution is 2.36. The first-order valence-corrected chi connectivity index (χ1v) is 13.3. The van der Waals surface area contributed by atoms with Crippen LogP contribution in [0.1, 0.15) is 17.9 Å². The van der Waals surface area contributed by atoms with Gasteiger partial charge < -0.3 is 25.6 Å². The van der Waals surface area contributed by atoms with E-state index in [0.29, 0.717) is 11.7 Å². The summed E-state index contributed by atoms with van der Waals surface area (Å²) in [6, 6.07) is 14.2. The zero-order chi connectivity index (χ0) is 24.6. The molecule has 3 N–H and O–H groups in total. The maximum atomic E-state index is 12.7. The summed E-state index contributed by atoms with van der Waals surface area (Å²) in [6.45, 7) is 3.65. The van der Waals surface area contributed by atoms with Crippen molar-refractivity contribution in [1.29, 1.82) is 0 Å². The maximum Gasteiger partial charge on any atom is 0.234 e. The van der Waals surface area contributed by atoms with E-state index in [0.717, 1.165) is 65.4 Å². The second-order valence-corrected chi connectivity index (χ2v) is 10.7. The number of hydrogen-bond acceptors (Lipinski definition) is 7. The Labute approximate surface area is 214 Å². The number of hydrogen-bond donors (Lipinski definition) is 3. The van der Waals surface area contributed by atoms with E-state index in [9.17, 15) is 9.59 Å². The number of methoxy groups -OCH3 is 1. The molecule has 4 heterocycles. The molecule has 0 spiro atoms. The lowest BCUT2D eigenvalue weighted by atomic mass is 9.95. The van der Waals surface area contributed by atoms with Crippen molar-refractivity contribution in [1.82, 2.24) is 15.6 Å². The molecular formula is C27H29N5O3S. The molecule has 36 heavy (non-hydrogen) atoms. The Hall–Kier alpha value is -3.30. The number of rotatable bonds is 7. The molecule has 2 amide bonds. The number of nitrogens with one attached hydrogen (secondary N) is 3. The second kappa shape index (κ2) is 9.63. The number of carbonyl (C=O) groups excluding carboxylic acids is 2. The minimum absolute atomic E-state index is 0.00834. The molecular weight excluding hydrogens is 474 g/mol. The predicted molar refractivity (Wildman–Crippen MR) is 142 cm³/mol. The summed E-state index contributed by atoms with van der Waals surface area (Å²) in [5.41, 5.74) is 3.95. The molecule has 6 rings (SSSR count). The Morgan fingerprint density at radius 2 is 2.03 bits per heavy atom. The normalized spacial score (nSPS) is 21.6. The van der Waals surface area contributed by atoms with Crippen LogP contribution in [0.5, 0.6) is 5.75 Å². The van der Waals surface area contributed by atoms with E-state index in [1.165, 1.54) is 17.4 Å². The summed E-state index contributed by atoms with van der Waals surface area (Å²) in [7, 11) is 1.68. The average molecular weight is 504 g/mol. The molecule has 0 bridgehead atoms. The van der Waals surface area contributed by atoms with Crippen molar-refractivity contribution in [2.75, 3.05) is 49.3 Å². The second-order valence-electron chi connectivity index (χ2n) is 9.73. The van der Waals surface area contributed by atoms with Gasteiger partial charge in [-0.15, -0.1) is 11.8 Å². The summed E-state index contributed by atoms with van der Waals surface area (Å²) in [5.74, 6) is 1.73. The van der Waals surface area contributed by atoms with Crippen molar-refractivity contribution in [2.45, 2.75) is 23.3 Å². The van der Waals surface area contributed by atoms with Gasteiger partial charge in [0.15, 0.2) is 0 Å². The van der Waals surface area contributed by atoms with Crippen LogP contribution in [0, 0.1) is 5.92 Å². The molecule has 2 fully saturated rings. The highest BCUT2D eigenvalue weighted by molar-refractivity contribution is 8.00. The van der Waals surface area contributed by atoms with Gasteiger partial charge in [-0.2, -0.15) is 0 Å². The molecule has 0 saturated carbocycles. The molecule has 186 valence electrons. The highest BCUT2D eigenvalue weighted by Gasteiger charge is 2.34. The number of nitrogens with zero attached hydrogens (tertiary/aromatic N) is 2. The largest absolute Gasteiger partial charge is 0.497 e. The maximum absolute atomic E-state index is 12.7. The van der Waals surface area contributed by atoms with Gasteiger partial charge in [0.1, 0.15) is 5.75 Å². The van der Waals surface area contributed by atoms with Crippen molar-refractivity contribution in [3.63, 3.8) is 0 Å².